The molecule has 1 heterocycles. The van der Waals surface area contributed by atoms with Crippen LogP contribution in [0.25, 0.3) is 0 Å². The third-order valence-electron chi connectivity index (χ3n) is 4.50. The van der Waals surface area contributed by atoms with E-state index in [0.29, 0.717) is 24.4 Å². The molecule has 0 unspecified atom stereocenters. The Labute approximate surface area is 160 Å². The summed E-state index contributed by atoms with van der Waals surface area (Å²) >= 11 is 0. The molecule has 1 aliphatic rings. The molecule has 0 saturated carbocycles. The molecule has 1 aliphatic heterocycles. The Morgan fingerprint density at radius 2 is 1.70 bits per heavy atom. The summed E-state index contributed by atoms with van der Waals surface area (Å²) in [5.74, 6) is 0.496. The minimum absolute atomic E-state index is 0.0880. The molecule has 1 amide bonds. The van der Waals surface area contributed by atoms with Crippen LogP contribution in [0, 0.1) is 0 Å². The molecule has 0 saturated heterocycles. The SMILES string of the molecule is CN(C(=O)CCCCCN=C1NS(=O)(=O)c2ccccc21)c1ccccc1. The second-order valence-electron chi connectivity index (χ2n) is 6.43. The number of sulfonamides is 1. The number of amides is 1. The Hall–Kier alpha value is -2.67. The van der Waals surface area contributed by atoms with Crippen LogP contribution in [0.1, 0.15) is 31.2 Å². The highest BCUT2D eigenvalue weighted by Crippen LogP contribution is 2.22. The number of aliphatic imine (C=N–C) groups is 1. The van der Waals surface area contributed by atoms with Crippen LogP contribution < -0.4 is 9.62 Å². The number of fused-ring (bicyclic) bond motifs is 1. The zero-order valence-corrected chi connectivity index (χ0v) is 16.1. The number of carbonyl (C=O) groups is 1. The zero-order valence-electron chi connectivity index (χ0n) is 15.3. The summed E-state index contributed by atoms with van der Waals surface area (Å²) in [6.45, 7) is 0.523. The molecule has 7 heteroatoms. The predicted molar refractivity (Wildman–Crippen MR) is 106 cm³/mol. The van der Waals surface area contributed by atoms with Gasteiger partial charge in [-0.3, -0.25) is 14.5 Å². The number of nitrogens with zero attached hydrogens (tertiary/aromatic N) is 2. The van der Waals surface area contributed by atoms with Crippen LogP contribution in [0.4, 0.5) is 5.69 Å². The summed E-state index contributed by atoms with van der Waals surface area (Å²) in [4.78, 5) is 18.6. The monoisotopic (exact) mass is 385 g/mol. The topological polar surface area (TPSA) is 78.8 Å². The molecule has 142 valence electrons. The molecule has 27 heavy (non-hydrogen) atoms. The van der Waals surface area contributed by atoms with Crippen molar-refractivity contribution in [2.24, 2.45) is 4.99 Å². The number of amidine groups is 1. The standard InChI is InChI=1S/C20H23N3O3S/c1-23(16-10-4-2-5-11-16)19(24)14-6-3-9-15-21-20-17-12-7-8-13-18(17)27(25,26)22-20/h2,4-5,7-8,10-13H,3,6,9,14-15H2,1H3,(H,21,22). The Bertz CT molecular complexity index is 940. The van der Waals surface area contributed by atoms with Crippen LogP contribution in [0.3, 0.4) is 0 Å². The third-order valence-corrected chi connectivity index (χ3v) is 5.90. The molecule has 0 aromatic heterocycles. The van der Waals surface area contributed by atoms with E-state index in [0.717, 1.165) is 24.9 Å². The van der Waals surface area contributed by atoms with E-state index >= 15 is 0 Å². The summed E-state index contributed by atoms with van der Waals surface area (Å²) in [7, 11) is -1.70. The molecule has 0 radical (unpaired) electrons. The van der Waals surface area contributed by atoms with Crippen molar-refractivity contribution in [3.63, 3.8) is 0 Å². The summed E-state index contributed by atoms with van der Waals surface area (Å²) in [5.41, 5.74) is 1.51. The first-order valence-corrected chi connectivity index (χ1v) is 10.5. The van der Waals surface area contributed by atoms with Gasteiger partial charge in [0.1, 0.15) is 5.84 Å². The maximum absolute atomic E-state index is 12.2. The quantitative estimate of drug-likeness (QED) is 0.744. The average Bonchev–Trinajstić information content (AvgIpc) is 2.95. The van der Waals surface area contributed by atoms with Crippen LogP contribution in [0.2, 0.25) is 0 Å². The minimum atomic E-state index is -3.48. The van der Waals surface area contributed by atoms with E-state index in [2.05, 4.69) is 9.71 Å². The lowest BCUT2D eigenvalue weighted by Gasteiger charge is -2.17. The molecule has 0 aliphatic carbocycles. The molecule has 0 atom stereocenters. The number of nitrogens with one attached hydrogen (secondary N) is 1. The molecule has 0 bridgehead atoms. The second-order valence-corrected chi connectivity index (χ2v) is 8.08. The van der Waals surface area contributed by atoms with Crippen LogP contribution >= 0.6 is 0 Å². The van der Waals surface area contributed by atoms with Crippen LogP contribution in [0.5, 0.6) is 0 Å². The van der Waals surface area contributed by atoms with Crippen molar-refractivity contribution in [1.29, 1.82) is 0 Å². The molecule has 1 N–H and O–H groups in total. The van der Waals surface area contributed by atoms with Crippen molar-refractivity contribution in [1.82, 2.24) is 4.72 Å². The van der Waals surface area contributed by atoms with Crippen molar-refractivity contribution in [3.8, 4) is 0 Å². The van der Waals surface area contributed by atoms with Gasteiger partial charge in [-0.1, -0.05) is 36.8 Å². The number of carbonyl (C=O) groups excluding carboxylic acids is 1. The largest absolute Gasteiger partial charge is 0.316 e. The van der Waals surface area contributed by atoms with Crippen LogP contribution in [0.15, 0.2) is 64.5 Å². The minimum Gasteiger partial charge on any atom is -0.316 e. The van der Waals surface area contributed by atoms with E-state index in [1.807, 2.05) is 30.3 Å². The van der Waals surface area contributed by atoms with Gasteiger partial charge in [-0.25, -0.2) is 8.42 Å². The fourth-order valence-corrected chi connectivity index (χ4v) is 4.22. The number of hydrogen-bond donors (Lipinski definition) is 1. The van der Waals surface area contributed by atoms with E-state index < -0.39 is 10.0 Å². The third kappa shape index (κ3) is 4.54. The second kappa shape index (κ2) is 8.35. The number of para-hydroxylation sites is 1. The van der Waals surface area contributed by atoms with Gasteiger partial charge in [0.2, 0.25) is 5.91 Å². The maximum atomic E-state index is 12.2. The molecular formula is C20H23N3O3S. The van der Waals surface area contributed by atoms with Crippen LogP contribution in [-0.4, -0.2) is 33.8 Å². The summed E-state index contributed by atoms with van der Waals surface area (Å²) in [6.07, 6.45) is 2.93. The van der Waals surface area contributed by atoms with Gasteiger partial charge in [-0.05, 0) is 37.1 Å². The summed E-state index contributed by atoms with van der Waals surface area (Å²) < 4.78 is 26.5. The molecule has 2 aromatic rings. The van der Waals surface area contributed by atoms with Crippen molar-refractivity contribution in [2.45, 2.75) is 30.6 Å². The molecule has 3 rings (SSSR count). The molecule has 2 aromatic carbocycles. The first kappa shape index (κ1) is 19.1. The number of hydrogen-bond acceptors (Lipinski definition) is 4. The Balaban J connectivity index is 1.44. The smallest absolute Gasteiger partial charge is 0.263 e. The number of benzene rings is 2. The van der Waals surface area contributed by atoms with Gasteiger partial charge in [-0.15, -0.1) is 0 Å². The Kier molecular flexibility index (Phi) is 5.91. The zero-order chi connectivity index (χ0) is 19.3. The van der Waals surface area contributed by atoms with Gasteiger partial charge >= 0.3 is 0 Å². The van der Waals surface area contributed by atoms with Gasteiger partial charge in [0, 0.05) is 31.3 Å². The number of unbranched alkanes of at least 4 members (excludes halogenated alkanes) is 2. The van der Waals surface area contributed by atoms with Crippen molar-refractivity contribution < 1.29 is 13.2 Å². The van der Waals surface area contributed by atoms with Crippen molar-refractivity contribution in [2.75, 3.05) is 18.5 Å². The average molecular weight is 385 g/mol. The van der Waals surface area contributed by atoms with Crippen molar-refractivity contribution in [3.05, 3.63) is 60.2 Å². The highest BCUT2D eigenvalue weighted by atomic mass is 32.2. The lowest BCUT2D eigenvalue weighted by Crippen LogP contribution is -2.25. The Morgan fingerprint density at radius 3 is 2.48 bits per heavy atom. The molecule has 6 nitrogen and oxygen atoms in total. The summed E-state index contributed by atoms with van der Waals surface area (Å²) in [5, 5.41) is 0. The predicted octanol–water partition coefficient (Wildman–Crippen LogP) is 2.95. The highest BCUT2D eigenvalue weighted by molar-refractivity contribution is 7.90. The fraction of sp³-hybridized carbons (Fsp3) is 0.300. The van der Waals surface area contributed by atoms with Gasteiger partial charge < -0.3 is 4.90 Å². The number of rotatable bonds is 7. The van der Waals surface area contributed by atoms with E-state index in [4.69, 9.17) is 0 Å². The fourth-order valence-electron chi connectivity index (χ4n) is 2.97. The van der Waals surface area contributed by atoms with Gasteiger partial charge in [0.15, 0.2) is 0 Å². The van der Waals surface area contributed by atoms with E-state index in [9.17, 15) is 13.2 Å². The highest BCUT2D eigenvalue weighted by Gasteiger charge is 2.29. The lowest BCUT2D eigenvalue weighted by atomic mass is 10.1. The lowest BCUT2D eigenvalue weighted by molar-refractivity contribution is -0.118. The first-order valence-electron chi connectivity index (χ1n) is 8.97. The number of anilines is 1. The van der Waals surface area contributed by atoms with Gasteiger partial charge in [0.05, 0.1) is 4.90 Å². The van der Waals surface area contributed by atoms with E-state index in [-0.39, 0.29) is 10.8 Å². The molecule has 0 fully saturated rings. The molecule has 0 spiro atoms. The van der Waals surface area contributed by atoms with Crippen molar-refractivity contribution >= 4 is 27.5 Å². The normalized spacial score (nSPS) is 16.0. The summed E-state index contributed by atoms with van der Waals surface area (Å²) in [6, 6.07) is 16.4. The van der Waals surface area contributed by atoms with E-state index in [1.54, 1.807) is 36.2 Å². The van der Waals surface area contributed by atoms with E-state index in [1.165, 1.54) is 0 Å². The first-order chi connectivity index (χ1) is 13.0. The molecular weight excluding hydrogens is 362 g/mol. The van der Waals surface area contributed by atoms with Gasteiger partial charge in [-0.2, -0.15) is 0 Å². The Morgan fingerprint density at radius 1 is 1.00 bits per heavy atom. The van der Waals surface area contributed by atoms with Gasteiger partial charge in [0.25, 0.3) is 10.0 Å². The van der Waals surface area contributed by atoms with Crippen LogP contribution in [-0.2, 0) is 14.8 Å². The maximum Gasteiger partial charge on any atom is 0.263 e.